The van der Waals surface area contributed by atoms with Crippen LogP contribution < -0.4 is 0 Å². The van der Waals surface area contributed by atoms with Gasteiger partial charge >= 0.3 is 5.97 Å². The van der Waals surface area contributed by atoms with E-state index in [4.69, 9.17) is 4.74 Å². The maximum atomic E-state index is 11.1. The van der Waals surface area contributed by atoms with Crippen molar-refractivity contribution in [2.45, 2.75) is 83.7 Å². The molecule has 0 aromatic carbocycles. The van der Waals surface area contributed by atoms with Gasteiger partial charge in [-0.15, -0.1) is 0 Å². The fourth-order valence-corrected chi connectivity index (χ4v) is 2.31. The fourth-order valence-electron chi connectivity index (χ4n) is 2.31. The zero-order valence-electron chi connectivity index (χ0n) is 10.7. The van der Waals surface area contributed by atoms with Gasteiger partial charge in [0.25, 0.3) is 0 Å². The predicted octanol–water partition coefficient (Wildman–Crippen LogP) is 4.22. The van der Waals surface area contributed by atoms with E-state index in [0.29, 0.717) is 6.42 Å². The molecule has 1 aliphatic rings. The van der Waals surface area contributed by atoms with Gasteiger partial charge in [-0.25, -0.2) is 0 Å². The summed E-state index contributed by atoms with van der Waals surface area (Å²) in [4.78, 5) is 11.1. The van der Waals surface area contributed by atoms with Gasteiger partial charge in [0.2, 0.25) is 0 Å². The average molecular weight is 226 g/mol. The van der Waals surface area contributed by atoms with E-state index in [1.807, 2.05) is 0 Å². The van der Waals surface area contributed by atoms with Crippen LogP contribution in [0.2, 0.25) is 0 Å². The Hall–Kier alpha value is -0.530. The Morgan fingerprint density at radius 3 is 2.50 bits per heavy atom. The van der Waals surface area contributed by atoms with Crippen LogP contribution in [0.25, 0.3) is 0 Å². The third-order valence-electron chi connectivity index (χ3n) is 3.33. The van der Waals surface area contributed by atoms with Crippen LogP contribution in [0.3, 0.4) is 0 Å². The second-order valence-corrected chi connectivity index (χ2v) is 4.91. The van der Waals surface area contributed by atoms with E-state index in [2.05, 4.69) is 6.92 Å². The van der Waals surface area contributed by atoms with Crippen molar-refractivity contribution in [3.8, 4) is 0 Å². The summed E-state index contributed by atoms with van der Waals surface area (Å²) in [5.41, 5.74) is 0. The molecular formula is C14H26O2. The van der Waals surface area contributed by atoms with E-state index in [0.717, 1.165) is 19.3 Å². The van der Waals surface area contributed by atoms with E-state index in [-0.39, 0.29) is 12.1 Å². The number of cyclic esters (lactones) is 1. The van der Waals surface area contributed by atoms with Gasteiger partial charge in [0, 0.05) is 6.42 Å². The molecular weight excluding hydrogens is 200 g/mol. The number of carbonyl (C=O) groups is 1. The Kier molecular flexibility index (Phi) is 7.28. The molecule has 0 aromatic heterocycles. The molecule has 1 aliphatic heterocycles. The number of ether oxygens (including phenoxy) is 1. The third-order valence-corrected chi connectivity index (χ3v) is 3.33. The summed E-state index contributed by atoms with van der Waals surface area (Å²) in [6, 6.07) is 0. The summed E-state index contributed by atoms with van der Waals surface area (Å²) in [6.45, 7) is 2.25. The molecule has 1 heterocycles. The highest BCUT2D eigenvalue weighted by molar-refractivity contribution is 5.70. The summed E-state index contributed by atoms with van der Waals surface area (Å²) in [5, 5.41) is 0. The number of unbranched alkanes of at least 4 members (excludes halogenated alkanes) is 6. The summed E-state index contributed by atoms with van der Waals surface area (Å²) in [7, 11) is 0. The highest BCUT2D eigenvalue weighted by Crippen LogP contribution is 2.19. The smallest absolute Gasteiger partial charge is 0.306 e. The van der Waals surface area contributed by atoms with Crippen molar-refractivity contribution < 1.29 is 9.53 Å². The summed E-state index contributed by atoms with van der Waals surface area (Å²) in [6.07, 6.45) is 13.4. The van der Waals surface area contributed by atoms with Crippen molar-refractivity contribution in [2.75, 3.05) is 0 Å². The summed E-state index contributed by atoms with van der Waals surface area (Å²) < 4.78 is 5.29. The van der Waals surface area contributed by atoms with Crippen molar-refractivity contribution >= 4 is 5.97 Å². The molecule has 0 aromatic rings. The molecule has 0 radical (unpaired) electrons. The van der Waals surface area contributed by atoms with Gasteiger partial charge in [-0.1, -0.05) is 45.4 Å². The lowest BCUT2D eigenvalue weighted by atomic mass is 10.0. The Morgan fingerprint density at radius 2 is 1.81 bits per heavy atom. The Balaban J connectivity index is 1.88. The molecule has 0 spiro atoms. The monoisotopic (exact) mass is 226 g/mol. The number of hydrogen-bond donors (Lipinski definition) is 0. The molecule has 1 saturated heterocycles. The van der Waals surface area contributed by atoms with Crippen molar-refractivity contribution in [1.29, 1.82) is 0 Å². The van der Waals surface area contributed by atoms with Crippen LogP contribution in [-0.2, 0) is 9.53 Å². The molecule has 0 N–H and O–H groups in total. The topological polar surface area (TPSA) is 26.3 Å². The van der Waals surface area contributed by atoms with Gasteiger partial charge in [0.15, 0.2) is 0 Å². The molecule has 0 bridgehead atoms. The molecule has 0 aliphatic carbocycles. The molecule has 16 heavy (non-hydrogen) atoms. The van der Waals surface area contributed by atoms with E-state index < -0.39 is 0 Å². The SMILES string of the molecule is CCCCCCCCC[C@@H]1CCCC(=O)O1. The van der Waals surface area contributed by atoms with Gasteiger partial charge in [-0.05, 0) is 25.7 Å². The first-order valence-corrected chi connectivity index (χ1v) is 7.02. The third kappa shape index (κ3) is 6.14. The molecule has 2 nitrogen and oxygen atoms in total. The molecule has 1 atom stereocenters. The predicted molar refractivity (Wildman–Crippen MR) is 66.3 cm³/mol. The molecule has 0 unspecified atom stereocenters. The highest BCUT2D eigenvalue weighted by atomic mass is 16.5. The van der Waals surface area contributed by atoms with Gasteiger partial charge < -0.3 is 4.74 Å². The number of rotatable bonds is 8. The van der Waals surface area contributed by atoms with E-state index in [1.54, 1.807) is 0 Å². The standard InChI is InChI=1S/C14H26O2/c1-2-3-4-5-6-7-8-10-13-11-9-12-14(15)16-13/h13H,2-12H2,1H3/t13-/m1/s1. The van der Waals surface area contributed by atoms with Crippen LogP contribution in [0, 0.1) is 0 Å². The molecule has 0 saturated carbocycles. The first-order chi connectivity index (χ1) is 7.83. The lowest BCUT2D eigenvalue weighted by Gasteiger charge is -2.21. The van der Waals surface area contributed by atoms with Crippen molar-refractivity contribution in [2.24, 2.45) is 0 Å². The first kappa shape index (κ1) is 13.5. The highest BCUT2D eigenvalue weighted by Gasteiger charge is 2.19. The van der Waals surface area contributed by atoms with Crippen LogP contribution in [0.4, 0.5) is 0 Å². The average Bonchev–Trinajstić information content (AvgIpc) is 2.28. The number of esters is 1. The van der Waals surface area contributed by atoms with Gasteiger partial charge in [-0.3, -0.25) is 4.79 Å². The maximum absolute atomic E-state index is 11.1. The fraction of sp³-hybridized carbons (Fsp3) is 0.929. The minimum absolute atomic E-state index is 0.0131. The van der Waals surface area contributed by atoms with Crippen LogP contribution in [0.15, 0.2) is 0 Å². The van der Waals surface area contributed by atoms with E-state index in [1.165, 1.54) is 44.9 Å². The van der Waals surface area contributed by atoms with Crippen LogP contribution in [-0.4, -0.2) is 12.1 Å². The van der Waals surface area contributed by atoms with Crippen LogP contribution >= 0.6 is 0 Å². The summed E-state index contributed by atoms with van der Waals surface area (Å²) >= 11 is 0. The maximum Gasteiger partial charge on any atom is 0.306 e. The van der Waals surface area contributed by atoms with Crippen LogP contribution in [0.5, 0.6) is 0 Å². The van der Waals surface area contributed by atoms with E-state index in [9.17, 15) is 4.79 Å². The largest absolute Gasteiger partial charge is 0.462 e. The van der Waals surface area contributed by atoms with Gasteiger partial charge in [-0.2, -0.15) is 0 Å². The second kappa shape index (κ2) is 8.60. The molecule has 0 amide bonds. The second-order valence-electron chi connectivity index (χ2n) is 4.91. The Bertz CT molecular complexity index is 189. The quantitative estimate of drug-likeness (QED) is 0.457. The molecule has 1 rings (SSSR count). The normalized spacial score (nSPS) is 20.8. The summed E-state index contributed by atoms with van der Waals surface area (Å²) in [5.74, 6) is 0.0131. The number of hydrogen-bond acceptors (Lipinski definition) is 2. The van der Waals surface area contributed by atoms with Gasteiger partial charge in [0.1, 0.15) is 6.10 Å². The molecule has 1 fully saturated rings. The number of carbonyl (C=O) groups excluding carboxylic acids is 1. The molecule has 2 heteroatoms. The van der Waals surface area contributed by atoms with Crippen molar-refractivity contribution in [3.63, 3.8) is 0 Å². The minimum atomic E-state index is 0.0131. The van der Waals surface area contributed by atoms with Crippen molar-refractivity contribution in [3.05, 3.63) is 0 Å². The van der Waals surface area contributed by atoms with Crippen LogP contribution in [0.1, 0.15) is 77.6 Å². The Morgan fingerprint density at radius 1 is 1.12 bits per heavy atom. The zero-order chi connectivity index (χ0) is 11.6. The molecule has 94 valence electrons. The Labute approximate surface area is 99.8 Å². The first-order valence-electron chi connectivity index (χ1n) is 7.02. The minimum Gasteiger partial charge on any atom is -0.462 e. The lowest BCUT2D eigenvalue weighted by molar-refractivity contribution is -0.154. The zero-order valence-corrected chi connectivity index (χ0v) is 10.7. The van der Waals surface area contributed by atoms with E-state index >= 15 is 0 Å². The lowest BCUT2D eigenvalue weighted by Crippen LogP contribution is -2.23. The van der Waals surface area contributed by atoms with Crippen molar-refractivity contribution in [1.82, 2.24) is 0 Å². The van der Waals surface area contributed by atoms with Gasteiger partial charge in [0.05, 0.1) is 0 Å².